The summed E-state index contributed by atoms with van der Waals surface area (Å²) in [6.07, 6.45) is 8.88. The molecule has 0 aliphatic heterocycles. The van der Waals surface area contributed by atoms with Gasteiger partial charge < -0.3 is 4.74 Å². The van der Waals surface area contributed by atoms with Crippen molar-refractivity contribution in [1.29, 1.82) is 0 Å². The van der Waals surface area contributed by atoms with Gasteiger partial charge in [0.15, 0.2) is 5.75 Å². The SMILES string of the molecule is CC1CCC(COc2cn[nH]c2)CC1. The van der Waals surface area contributed by atoms with E-state index in [1.165, 1.54) is 25.7 Å². The van der Waals surface area contributed by atoms with E-state index < -0.39 is 0 Å². The largest absolute Gasteiger partial charge is 0.490 e. The molecule has 78 valence electrons. The highest BCUT2D eigenvalue weighted by molar-refractivity contribution is 5.09. The lowest BCUT2D eigenvalue weighted by Gasteiger charge is -2.25. The first kappa shape index (κ1) is 9.56. The monoisotopic (exact) mass is 194 g/mol. The van der Waals surface area contributed by atoms with E-state index in [4.69, 9.17) is 4.74 Å². The van der Waals surface area contributed by atoms with Crippen LogP contribution in [0.15, 0.2) is 12.4 Å². The third-order valence-corrected chi connectivity index (χ3v) is 3.09. The molecule has 0 amide bonds. The van der Waals surface area contributed by atoms with Crippen LogP contribution < -0.4 is 4.74 Å². The number of aromatic nitrogens is 2. The summed E-state index contributed by atoms with van der Waals surface area (Å²) in [6.45, 7) is 3.19. The van der Waals surface area contributed by atoms with E-state index in [2.05, 4.69) is 17.1 Å². The van der Waals surface area contributed by atoms with Gasteiger partial charge in [-0.15, -0.1) is 0 Å². The predicted octanol–water partition coefficient (Wildman–Crippen LogP) is 2.61. The first-order chi connectivity index (χ1) is 6.84. The van der Waals surface area contributed by atoms with Gasteiger partial charge in [-0.25, -0.2) is 0 Å². The molecule has 14 heavy (non-hydrogen) atoms. The summed E-state index contributed by atoms with van der Waals surface area (Å²) in [5.41, 5.74) is 0. The molecule has 1 N–H and O–H groups in total. The van der Waals surface area contributed by atoms with Crippen LogP contribution >= 0.6 is 0 Å². The van der Waals surface area contributed by atoms with E-state index in [0.29, 0.717) is 0 Å². The Balaban J connectivity index is 1.71. The average Bonchev–Trinajstić information content (AvgIpc) is 2.70. The van der Waals surface area contributed by atoms with Gasteiger partial charge in [0.1, 0.15) is 0 Å². The van der Waals surface area contributed by atoms with Crippen LogP contribution in [0, 0.1) is 11.8 Å². The normalized spacial score (nSPS) is 27.5. The maximum absolute atomic E-state index is 5.63. The highest BCUT2D eigenvalue weighted by Gasteiger charge is 2.18. The van der Waals surface area contributed by atoms with Gasteiger partial charge in [0.05, 0.1) is 19.0 Å². The zero-order valence-corrected chi connectivity index (χ0v) is 8.70. The molecule has 1 aromatic heterocycles. The molecule has 0 spiro atoms. The molecule has 0 saturated heterocycles. The van der Waals surface area contributed by atoms with Crippen molar-refractivity contribution in [2.24, 2.45) is 11.8 Å². The summed E-state index contributed by atoms with van der Waals surface area (Å²) in [7, 11) is 0. The maximum atomic E-state index is 5.63. The second-order valence-electron chi connectivity index (χ2n) is 4.37. The second kappa shape index (κ2) is 4.49. The molecule has 2 rings (SSSR count). The molecule has 0 atom stereocenters. The fourth-order valence-corrected chi connectivity index (χ4v) is 2.03. The van der Waals surface area contributed by atoms with Crippen LogP contribution in [0.5, 0.6) is 5.75 Å². The molecule has 0 unspecified atom stereocenters. The van der Waals surface area contributed by atoms with Crippen molar-refractivity contribution in [3.05, 3.63) is 12.4 Å². The van der Waals surface area contributed by atoms with Gasteiger partial charge in [0.2, 0.25) is 0 Å². The minimum absolute atomic E-state index is 0.751. The molecule has 0 bridgehead atoms. The summed E-state index contributed by atoms with van der Waals surface area (Å²) in [4.78, 5) is 0. The van der Waals surface area contributed by atoms with E-state index >= 15 is 0 Å². The molecule has 3 nitrogen and oxygen atoms in total. The Morgan fingerprint density at radius 3 is 2.86 bits per heavy atom. The molecule has 3 heteroatoms. The maximum Gasteiger partial charge on any atom is 0.156 e. The Labute approximate surface area is 84.9 Å². The van der Waals surface area contributed by atoms with E-state index in [1.54, 1.807) is 12.4 Å². The Morgan fingerprint density at radius 2 is 2.21 bits per heavy atom. The zero-order valence-electron chi connectivity index (χ0n) is 8.70. The topological polar surface area (TPSA) is 37.9 Å². The van der Waals surface area contributed by atoms with Crippen LogP contribution in [0.1, 0.15) is 32.6 Å². The predicted molar refractivity (Wildman–Crippen MR) is 55.2 cm³/mol. The molecule has 1 aliphatic rings. The molecular formula is C11H18N2O. The number of H-pyrrole nitrogens is 1. The molecule has 1 saturated carbocycles. The van der Waals surface area contributed by atoms with Crippen LogP contribution in [0.25, 0.3) is 0 Å². The Morgan fingerprint density at radius 1 is 1.43 bits per heavy atom. The molecule has 1 aromatic rings. The third-order valence-electron chi connectivity index (χ3n) is 3.09. The minimum atomic E-state index is 0.751. The number of hydrogen-bond donors (Lipinski definition) is 1. The van der Waals surface area contributed by atoms with Gasteiger partial charge in [0.25, 0.3) is 0 Å². The third kappa shape index (κ3) is 2.50. The van der Waals surface area contributed by atoms with Gasteiger partial charge in [0, 0.05) is 0 Å². The zero-order chi connectivity index (χ0) is 9.80. The number of aromatic amines is 1. The Bertz CT molecular complexity index is 250. The van der Waals surface area contributed by atoms with Gasteiger partial charge >= 0.3 is 0 Å². The van der Waals surface area contributed by atoms with Crippen molar-refractivity contribution < 1.29 is 4.74 Å². The molecule has 1 aliphatic carbocycles. The van der Waals surface area contributed by atoms with Crippen LogP contribution in [0.4, 0.5) is 0 Å². The number of hydrogen-bond acceptors (Lipinski definition) is 2. The van der Waals surface area contributed by atoms with Crippen molar-refractivity contribution in [2.75, 3.05) is 6.61 Å². The van der Waals surface area contributed by atoms with Crippen LogP contribution in [0.2, 0.25) is 0 Å². The summed E-state index contributed by atoms with van der Waals surface area (Å²) in [6, 6.07) is 0. The molecule has 1 fully saturated rings. The molecule has 0 radical (unpaired) electrons. The second-order valence-corrected chi connectivity index (χ2v) is 4.37. The number of ether oxygens (including phenoxy) is 1. The quantitative estimate of drug-likeness (QED) is 0.803. The Hall–Kier alpha value is -0.990. The lowest BCUT2D eigenvalue weighted by molar-refractivity contribution is 0.188. The van der Waals surface area contributed by atoms with Gasteiger partial charge in [-0.2, -0.15) is 5.10 Å². The van der Waals surface area contributed by atoms with Gasteiger partial charge in [-0.05, 0) is 24.7 Å². The standard InChI is InChI=1S/C11H18N2O/c1-9-2-4-10(5-3-9)8-14-11-6-12-13-7-11/h6-7,9-10H,2-5,8H2,1H3,(H,12,13). The summed E-state index contributed by atoms with van der Waals surface area (Å²) in [5, 5.41) is 6.60. The summed E-state index contributed by atoms with van der Waals surface area (Å²) >= 11 is 0. The fraction of sp³-hybridized carbons (Fsp3) is 0.727. The molecule has 1 heterocycles. The highest BCUT2D eigenvalue weighted by Crippen LogP contribution is 2.28. The van der Waals surface area contributed by atoms with Crippen LogP contribution in [0.3, 0.4) is 0 Å². The number of nitrogens with one attached hydrogen (secondary N) is 1. The Kier molecular flexibility index (Phi) is 3.07. The average molecular weight is 194 g/mol. The van der Waals surface area contributed by atoms with Crippen molar-refractivity contribution in [2.45, 2.75) is 32.6 Å². The molecular weight excluding hydrogens is 176 g/mol. The first-order valence-corrected chi connectivity index (χ1v) is 5.46. The van der Waals surface area contributed by atoms with Gasteiger partial charge in [-0.3, -0.25) is 5.10 Å². The minimum Gasteiger partial charge on any atom is -0.490 e. The first-order valence-electron chi connectivity index (χ1n) is 5.46. The van der Waals surface area contributed by atoms with Gasteiger partial charge in [-0.1, -0.05) is 19.8 Å². The smallest absolute Gasteiger partial charge is 0.156 e. The number of rotatable bonds is 3. The van der Waals surface area contributed by atoms with Crippen molar-refractivity contribution in [1.82, 2.24) is 10.2 Å². The van der Waals surface area contributed by atoms with Crippen molar-refractivity contribution in [3.8, 4) is 5.75 Å². The molecule has 0 aromatic carbocycles. The van der Waals surface area contributed by atoms with Crippen LogP contribution in [-0.2, 0) is 0 Å². The van der Waals surface area contributed by atoms with E-state index in [-0.39, 0.29) is 0 Å². The lowest BCUT2D eigenvalue weighted by atomic mass is 9.83. The van der Waals surface area contributed by atoms with Crippen LogP contribution in [-0.4, -0.2) is 16.8 Å². The number of nitrogens with zero attached hydrogens (tertiary/aromatic N) is 1. The summed E-state index contributed by atoms with van der Waals surface area (Å²) in [5.74, 6) is 2.53. The van der Waals surface area contributed by atoms with E-state index in [9.17, 15) is 0 Å². The highest BCUT2D eigenvalue weighted by atomic mass is 16.5. The lowest BCUT2D eigenvalue weighted by Crippen LogP contribution is -2.18. The van der Waals surface area contributed by atoms with E-state index in [1.807, 2.05) is 0 Å². The fourth-order valence-electron chi connectivity index (χ4n) is 2.03. The van der Waals surface area contributed by atoms with Crippen molar-refractivity contribution >= 4 is 0 Å². The summed E-state index contributed by atoms with van der Waals surface area (Å²) < 4.78 is 5.63. The van der Waals surface area contributed by atoms with Crippen molar-refractivity contribution in [3.63, 3.8) is 0 Å². The van der Waals surface area contributed by atoms with E-state index in [0.717, 1.165) is 24.2 Å².